The van der Waals surface area contributed by atoms with Crippen LogP contribution in [-0.4, -0.2) is 26.4 Å². The average Bonchev–Trinajstić information content (AvgIpc) is 3.28. The Hall–Kier alpha value is -1.96. The molecule has 0 radical (unpaired) electrons. The van der Waals surface area contributed by atoms with Gasteiger partial charge < -0.3 is 9.73 Å². The molecule has 9 heteroatoms. The van der Waals surface area contributed by atoms with E-state index < -0.39 is 0 Å². The lowest BCUT2D eigenvalue weighted by atomic mass is 10.1. The van der Waals surface area contributed by atoms with E-state index in [1.165, 1.54) is 11.8 Å². The van der Waals surface area contributed by atoms with Crippen molar-refractivity contribution in [1.82, 2.24) is 20.1 Å². The summed E-state index contributed by atoms with van der Waals surface area (Å²) in [6.07, 6.45) is 1.59. The van der Waals surface area contributed by atoms with Crippen LogP contribution in [0.1, 0.15) is 25.5 Å². The number of furan rings is 1. The van der Waals surface area contributed by atoms with E-state index >= 15 is 0 Å². The van der Waals surface area contributed by atoms with Crippen LogP contribution in [-0.2, 0) is 11.3 Å². The molecule has 1 amide bonds. The molecular weight excluding hydrogens is 407 g/mol. The molecule has 2 heterocycles. The topological polar surface area (TPSA) is 73.0 Å². The number of hydrogen-bond donors (Lipinski definition) is 1. The van der Waals surface area contributed by atoms with Gasteiger partial charge in [0.2, 0.25) is 5.91 Å². The van der Waals surface area contributed by atoms with Crippen molar-refractivity contribution < 1.29 is 9.21 Å². The highest BCUT2D eigenvalue weighted by Crippen LogP contribution is 2.27. The SMILES string of the molecule is CCn1c(SCC(=O)NC(C)c2ccc(Cl)cc2Cl)nnc1-c1ccco1. The van der Waals surface area contributed by atoms with Gasteiger partial charge in [0, 0.05) is 16.6 Å². The summed E-state index contributed by atoms with van der Waals surface area (Å²) < 4.78 is 7.30. The zero-order chi connectivity index (χ0) is 19.4. The lowest BCUT2D eigenvalue weighted by Gasteiger charge is -2.16. The Labute approximate surface area is 171 Å². The maximum absolute atomic E-state index is 12.3. The van der Waals surface area contributed by atoms with Crippen LogP contribution in [0.5, 0.6) is 0 Å². The predicted octanol–water partition coefficient (Wildman–Crippen LogP) is 4.83. The van der Waals surface area contributed by atoms with Crippen LogP contribution in [0.3, 0.4) is 0 Å². The highest BCUT2D eigenvalue weighted by Gasteiger charge is 2.17. The van der Waals surface area contributed by atoms with Crippen molar-refractivity contribution in [3.05, 3.63) is 52.2 Å². The summed E-state index contributed by atoms with van der Waals surface area (Å²) in [7, 11) is 0. The molecule has 142 valence electrons. The lowest BCUT2D eigenvalue weighted by molar-refractivity contribution is -0.119. The Morgan fingerprint density at radius 1 is 1.33 bits per heavy atom. The molecular formula is C18H18Cl2N4O2S. The van der Waals surface area contributed by atoms with Crippen molar-refractivity contribution in [1.29, 1.82) is 0 Å². The van der Waals surface area contributed by atoms with Crippen LogP contribution >= 0.6 is 35.0 Å². The van der Waals surface area contributed by atoms with Gasteiger partial charge in [-0.15, -0.1) is 10.2 Å². The van der Waals surface area contributed by atoms with Crippen LogP contribution in [0.4, 0.5) is 0 Å². The van der Waals surface area contributed by atoms with E-state index in [0.717, 1.165) is 5.56 Å². The molecule has 0 aliphatic heterocycles. The third-order valence-corrected chi connectivity index (χ3v) is 5.44. The van der Waals surface area contributed by atoms with Gasteiger partial charge in [-0.25, -0.2) is 0 Å². The van der Waals surface area contributed by atoms with Gasteiger partial charge in [0.1, 0.15) is 0 Å². The van der Waals surface area contributed by atoms with Gasteiger partial charge >= 0.3 is 0 Å². The number of thioether (sulfide) groups is 1. The normalized spacial score (nSPS) is 12.1. The summed E-state index contributed by atoms with van der Waals surface area (Å²) in [6, 6.07) is 8.62. The number of carbonyl (C=O) groups is 1. The number of hydrogen-bond acceptors (Lipinski definition) is 5. The summed E-state index contributed by atoms with van der Waals surface area (Å²) >= 11 is 13.4. The monoisotopic (exact) mass is 424 g/mol. The van der Waals surface area contributed by atoms with Gasteiger partial charge in [-0.2, -0.15) is 0 Å². The highest BCUT2D eigenvalue weighted by atomic mass is 35.5. The molecule has 1 N–H and O–H groups in total. The number of amides is 1. The zero-order valence-corrected chi connectivity index (χ0v) is 17.1. The first-order valence-electron chi connectivity index (χ1n) is 8.33. The van der Waals surface area contributed by atoms with E-state index in [-0.39, 0.29) is 17.7 Å². The number of aromatic nitrogens is 3. The fourth-order valence-electron chi connectivity index (χ4n) is 2.61. The van der Waals surface area contributed by atoms with Crippen LogP contribution in [0, 0.1) is 0 Å². The first-order chi connectivity index (χ1) is 13.0. The van der Waals surface area contributed by atoms with Gasteiger partial charge in [-0.05, 0) is 43.7 Å². The van der Waals surface area contributed by atoms with Crippen LogP contribution in [0.15, 0.2) is 46.2 Å². The van der Waals surface area contributed by atoms with E-state index in [1.54, 1.807) is 24.5 Å². The molecule has 0 aliphatic carbocycles. The summed E-state index contributed by atoms with van der Waals surface area (Å²) in [4.78, 5) is 12.3. The molecule has 3 aromatic rings. The molecule has 1 aromatic carbocycles. The Kier molecular flexibility index (Phi) is 6.46. The fourth-order valence-corrected chi connectivity index (χ4v) is 4.00. The standard InChI is InChI=1S/C18H18Cl2N4O2S/c1-3-24-17(15-5-4-8-26-15)22-23-18(24)27-10-16(25)21-11(2)13-7-6-12(19)9-14(13)20/h4-9,11H,3,10H2,1-2H3,(H,21,25). The number of halogens is 2. The van der Waals surface area contributed by atoms with Crippen molar-refractivity contribution in [3.8, 4) is 11.6 Å². The Morgan fingerprint density at radius 3 is 2.81 bits per heavy atom. The summed E-state index contributed by atoms with van der Waals surface area (Å²) in [6.45, 7) is 4.54. The molecule has 0 bridgehead atoms. The van der Waals surface area contributed by atoms with Crippen molar-refractivity contribution in [2.45, 2.75) is 31.6 Å². The molecule has 0 fully saturated rings. The van der Waals surface area contributed by atoms with E-state index in [0.29, 0.717) is 33.3 Å². The smallest absolute Gasteiger partial charge is 0.230 e. The van der Waals surface area contributed by atoms with Gasteiger partial charge in [0.15, 0.2) is 16.7 Å². The Bertz CT molecular complexity index is 928. The van der Waals surface area contributed by atoms with E-state index in [1.807, 2.05) is 30.5 Å². The third kappa shape index (κ3) is 4.66. The van der Waals surface area contributed by atoms with E-state index in [2.05, 4.69) is 15.5 Å². The number of nitrogens with zero attached hydrogens (tertiary/aromatic N) is 3. The van der Waals surface area contributed by atoms with Gasteiger partial charge in [0.25, 0.3) is 0 Å². The first kappa shape index (κ1) is 19.8. The predicted molar refractivity (Wildman–Crippen MR) is 107 cm³/mol. The zero-order valence-electron chi connectivity index (χ0n) is 14.8. The molecule has 0 saturated heterocycles. The quantitative estimate of drug-likeness (QED) is 0.549. The number of carbonyl (C=O) groups excluding carboxylic acids is 1. The maximum atomic E-state index is 12.3. The van der Waals surface area contributed by atoms with E-state index in [9.17, 15) is 4.79 Å². The van der Waals surface area contributed by atoms with Crippen molar-refractivity contribution >= 4 is 40.9 Å². The van der Waals surface area contributed by atoms with Crippen LogP contribution in [0.2, 0.25) is 10.0 Å². The minimum Gasteiger partial charge on any atom is -0.461 e. The first-order valence-corrected chi connectivity index (χ1v) is 10.1. The second-order valence-corrected chi connectivity index (χ2v) is 7.56. The Balaban J connectivity index is 1.62. The molecule has 3 rings (SSSR count). The summed E-state index contributed by atoms with van der Waals surface area (Å²) in [5.74, 6) is 1.38. The highest BCUT2D eigenvalue weighted by molar-refractivity contribution is 7.99. The molecule has 1 unspecified atom stereocenters. The largest absolute Gasteiger partial charge is 0.461 e. The molecule has 1 atom stereocenters. The number of nitrogens with one attached hydrogen (secondary N) is 1. The summed E-state index contributed by atoms with van der Waals surface area (Å²) in [5, 5.41) is 13.0. The molecule has 0 aliphatic rings. The minimum absolute atomic E-state index is 0.122. The number of rotatable bonds is 7. The maximum Gasteiger partial charge on any atom is 0.230 e. The Morgan fingerprint density at radius 2 is 2.15 bits per heavy atom. The van der Waals surface area contributed by atoms with Gasteiger partial charge in [-0.3, -0.25) is 9.36 Å². The molecule has 27 heavy (non-hydrogen) atoms. The second-order valence-electron chi connectivity index (χ2n) is 5.77. The average molecular weight is 425 g/mol. The lowest BCUT2D eigenvalue weighted by Crippen LogP contribution is -2.28. The van der Waals surface area contributed by atoms with Crippen LogP contribution < -0.4 is 5.32 Å². The van der Waals surface area contributed by atoms with Crippen molar-refractivity contribution in [2.24, 2.45) is 0 Å². The van der Waals surface area contributed by atoms with Gasteiger partial charge in [-0.1, -0.05) is 41.0 Å². The van der Waals surface area contributed by atoms with Crippen molar-refractivity contribution in [3.63, 3.8) is 0 Å². The van der Waals surface area contributed by atoms with Crippen molar-refractivity contribution in [2.75, 3.05) is 5.75 Å². The summed E-state index contributed by atoms with van der Waals surface area (Å²) in [5.41, 5.74) is 0.816. The third-order valence-electron chi connectivity index (χ3n) is 3.91. The van der Waals surface area contributed by atoms with Crippen LogP contribution in [0.25, 0.3) is 11.6 Å². The number of benzene rings is 1. The molecule has 6 nitrogen and oxygen atoms in total. The molecule has 2 aromatic heterocycles. The second kappa shape index (κ2) is 8.82. The van der Waals surface area contributed by atoms with E-state index in [4.69, 9.17) is 27.6 Å². The molecule has 0 saturated carbocycles. The minimum atomic E-state index is -0.231. The van der Waals surface area contributed by atoms with Gasteiger partial charge in [0.05, 0.1) is 18.1 Å². The fraction of sp³-hybridized carbons (Fsp3) is 0.278. The molecule has 0 spiro atoms.